The molecule has 0 amide bonds. The van der Waals surface area contributed by atoms with Crippen LogP contribution in [0.15, 0.2) is 41.4 Å². The second-order valence-electron chi connectivity index (χ2n) is 7.07. The maximum absolute atomic E-state index is 5.46. The molecule has 2 aromatic rings. The number of guanidine groups is 1. The maximum Gasteiger partial charge on any atom is 0.193 e. The van der Waals surface area contributed by atoms with E-state index in [2.05, 4.69) is 39.5 Å². The van der Waals surface area contributed by atoms with Crippen LogP contribution in [0.1, 0.15) is 23.1 Å². The summed E-state index contributed by atoms with van der Waals surface area (Å²) in [7, 11) is 6.89. The van der Waals surface area contributed by atoms with Crippen molar-refractivity contribution in [2.75, 3.05) is 41.5 Å². The van der Waals surface area contributed by atoms with E-state index < -0.39 is 0 Å². The molecule has 3 rings (SSSR count). The quantitative estimate of drug-likeness (QED) is 0.441. The minimum atomic E-state index is 0.774. The summed E-state index contributed by atoms with van der Waals surface area (Å²) in [5.74, 6) is 3.41. The van der Waals surface area contributed by atoms with Crippen molar-refractivity contribution in [3.8, 4) is 17.2 Å². The first-order valence-electron chi connectivity index (χ1n) is 10.0. The molecule has 6 heteroatoms. The Morgan fingerprint density at radius 2 is 1.69 bits per heavy atom. The van der Waals surface area contributed by atoms with Crippen LogP contribution in [0, 0.1) is 0 Å². The van der Waals surface area contributed by atoms with Crippen molar-refractivity contribution in [2.45, 2.75) is 25.8 Å². The molecule has 0 spiro atoms. The van der Waals surface area contributed by atoms with Gasteiger partial charge in [0.15, 0.2) is 17.5 Å². The van der Waals surface area contributed by atoms with Crippen LogP contribution in [0.4, 0.5) is 0 Å². The molecule has 1 aliphatic heterocycles. The second-order valence-corrected chi connectivity index (χ2v) is 7.07. The van der Waals surface area contributed by atoms with Gasteiger partial charge >= 0.3 is 0 Å². The Labute approximate surface area is 173 Å². The smallest absolute Gasteiger partial charge is 0.193 e. The molecule has 0 fully saturated rings. The summed E-state index contributed by atoms with van der Waals surface area (Å²) in [6, 6.07) is 12.4. The van der Waals surface area contributed by atoms with Crippen molar-refractivity contribution in [1.82, 2.24) is 10.2 Å². The van der Waals surface area contributed by atoms with Crippen LogP contribution >= 0.6 is 0 Å². The summed E-state index contributed by atoms with van der Waals surface area (Å²) in [5, 5.41) is 3.51. The molecule has 0 radical (unpaired) electrons. The van der Waals surface area contributed by atoms with Gasteiger partial charge < -0.3 is 24.4 Å². The number of nitrogens with one attached hydrogen (secondary N) is 1. The highest BCUT2D eigenvalue weighted by atomic mass is 16.5. The van der Waals surface area contributed by atoms with Crippen molar-refractivity contribution >= 4 is 5.96 Å². The van der Waals surface area contributed by atoms with E-state index in [4.69, 9.17) is 14.2 Å². The number of hydrogen-bond acceptors (Lipinski definition) is 4. The van der Waals surface area contributed by atoms with Gasteiger partial charge in [-0.2, -0.15) is 0 Å². The first kappa shape index (κ1) is 20.8. The zero-order chi connectivity index (χ0) is 20.6. The molecule has 156 valence electrons. The molecule has 0 bridgehead atoms. The second kappa shape index (κ2) is 10.0. The summed E-state index contributed by atoms with van der Waals surface area (Å²) in [6.45, 7) is 2.63. The SMILES string of the molecule is CN=C(NCCCc1ccc(OC)cc1)N1CCc2cc(OC)c(OC)cc2C1. The van der Waals surface area contributed by atoms with E-state index in [0.717, 1.165) is 62.1 Å². The minimum absolute atomic E-state index is 0.774. The van der Waals surface area contributed by atoms with Crippen molar-refractivity contribution in [1.29, 1.82) is 0 Å². The molecule has 0 atom stereocenters. The molecule has 29 heavy (non-hydrogen) atoms. The van der Waals surface area contributed by atoms with Gasteiger partial charge in [0.05, 0.1) is 21.3 Å². The van der Waals surface area contributed by atoms with Gasteiger partial charge in [0.2, 0.25) is 0 Å². The van der Waals surface area contributed by atoms with Crippen LogP contribution in [0.25, 0.3) is 0 Å². The average Bonchev–Trinajstić information content (AvgIpc) is 2.78. The van der Waals surface area contributed by atoms with Crippen molar-refractivity contribution in [2.24, 2.45) is 4.99 Å². The van der Waals surface area contributed by atoms with Crippen LogP contribution < -0.4 is 19.5 Å². The zero-order valence-electron chi connectivity index (χ0n) is 17.8. The number of nitrogens with zero attached hydrogens (tertiary/aromatic N) is 2. The van der Waals surface area contributed by atoms with Gasteiger partial charge in [-0.05, 0) is 60.2 Å². The lowest BCUT2D eigenvalue weighted by Crippen LogP contribution is -2.44. The predicted octanol–water partition coefficient (Wildman–Crippen LogP) is 3.28. The lowest BCUT2D eigenvalue weighted by Gasteiger charge is -2.32. The number of aryl methyl sites for hydroxylation is 1. The molecule has 0 saturated carbocycles. The average molecular weight is 398 g/mol. The van der Waals surface area contributed by atoms with Gasteiger partial charge in [0.25, 0.3) is 0 Å². The van der Waals surface area contributed by atoms with Gasteiger partial charge in [-0.3, -0.25) is 4.99 Å². The molecular formula is C23H31N3O3. The number of benzene rings is 2. The van der Waals surface area contributed by atoms with Gasteiger partial charge in [-0.1, -0.05) is 12.1 Å². The normalized spacial score (nSPS) is 13.7. The highest BCUT2D eigenvalue weighted by Crippen LogP contribution is 2.33. The predicted molar refractivity (Wildman–Crippen MR) is 116 cm³/mol. The third-order valence-electron chi connectivity index (χ3n) is 5.31. The van der Waals surface area contributed by atoms with Gasteiger partial charge in [-0.15, -0.1) is 0 Å². The Morgan fingerprint density at radius 3 is 2.31 bits per heavy atom. The summed E-state index contributed by atoms with van der Waals surface area (Å²) < 4.78 is 16.1. The Balaban J connectivity index is 1.54. The Hall–Kier alpha value is -2.89. The maximum atomic E-state index is 5.46. The number of hydrogen-bond donors (Lipinski definition) is 1. The van der Waals surface area contributed by atoms with Crippen LogP contribution in [0.2, 0.25) is 0 Å². The molecule has 1 N–H and O–H groups in total. The first-order chi connectivity index (χ1) is 14.2. The number of fused-ring (bicyclic) bond motifs is 1. The van der Waals surface area contributed by atoms with Crippen LogP contribution in [-0.4, -0.2) is 52.3 Å². The minimum Gasteiger partial charge on any atom is -0.497 e. The first-order valence-corrected chi connectivity index (χ1v) is 10.0. The van der Waals surface area contributed by atoms with E-state index >= 15 is 0 Å². The number of aliphatic imine (C=N–C) groups is 1. The highest BCUT2D eigenvalue weighted by Gasteiger charge is 2.21. The summed E-state index contributed by atoms with van der Waals surface area (Å²) in [6.07, 6.45) is 3.02. The van der Waals surface area contributed by atoms with Crippen LogP contribution in [0.3, 0.4) is 0 Å². The van der Waals surface area contributed by atoms with E-state index in [-0.39, 0.29) is 0 Å². The Kier molecular flexibility index (Phi) is 7.22. The van der Waals surface area contributed by atoms with Gasteiger partial charge in [0.1, 0.15) is 5.75 Å². The fourth-order valence-electron chi connectivity index (χ4n) is 3.68. The van der Waals surface area contributed by atoms with E-state index in [0.29, 0.717) is 0 Å². The number of ether oxygens (including phenoxy) is 3. The molecule has 1 aliphatic rings. The summed E-state index contributed by atoms with van der Waals surface area (Å²) in [4.78, 5) is 6.78. The lowest BCUT2D eigenvalue weighted by molar-refractivity contribution is 0.346. The Morgan fingerprint density at radius 1 is 1.00 bits per heavy atom. The molecular weight excluding hydrogens is 366 g/mol. The van der Waals surface area contributed by atoms with E-state index in [1.807, 2.05) is 19.2 Å². The molecule has 2 aromatic carbocycles. The Bertz CT molecular complexity index is 834. The molecule has 0 aromatic heterocycles. The fraction of sp³-hybridized carbons (Fsp3) is 0.435. The summed E-state index contributed by atoms with van der Waals surface area (Å²) >= 11 is 0. The topological polar surface area (TPSA) is 55.3 Å². The van der Waals surface area contributed by atoms with Crippen molar-refractivity contribution in [3.05, 3.63) is 53.1 Å². The molecule has 0 saturated heterocycles. The zero-order valence-corrected chi connectivity index (χ0v) is 17.8. The van der Waals surface area contributed by atoms with Crippen molar-refractivity contribution in [3.63, 3.8) is 0 Å². The van der Waals surface area contributed by atoms with Gasteiger partial charge in [0, 0.05) is 26.7 Å². The molecule has 0 aliphatic carbocycles. The van der Waals surface area contributed by atoms with Crippen LogP contribution in [0.5, 0.6) is 17.2 Å². The molecule has 1 heterocycles. The standard InChI is InChI=1S/C23H31N3O3/c1-24-23(25-12-5-6-17-7-9-20(27-2)10-8-17)26-13-11-18-14-21(28-3)22(29-4)15-19(18)16-26/h7-10,14-15H,5-6,11-13,16H2,1-4H3,(H,24,25). The third-order valence-corrected chi connectivity index (χ3v) is 5.31. The van der Waals surface area contributed by atoms with E-state index in [9.17, 15) is 0 Å². The van der Waals surface area contributed by atoms with Gasteiger partial charge in [-0.25, -0.2) is 0 Å². The van der Waals surface area contributed by atoms with Crippen molar-refractivity contribution < 1.29 is 14.2 Å². The number of rotatable bonds is 7. The monoisotopic (exact) mass is 397 g/mol. The largest absolute Gasteiger partial charge is 0.497 e. The van der Waals surface area contributed by atoms with E-state index in [1.54, 1.807) is 21.3 Å². The lowest BCUT2D eigenvalue weighted by atomic mass is 9.99. The highest BCUT2D eigenvalue weighted by molar-refractivity contribution is 5.80. The third kappa shape index (κ3) is 5.13. The summed E-state index contributed by atoms with van der Waals surface area (Å²) in [5.41, 5.74) is 3.89. The van der Waals surface area contributed by atoms with E-state index in [1.165, 1.54) is 16.7 Å². The molecule has 6 nitrogen and oxygen atoms in total. The fourth-order valence-corrected chi connectivity index (χ4v) is 3.68. The molecule has 0 unspecified atom stereocenters. The number of methoxy groups -OCH3 is 3. The van der Waals surface area contributed by atoms with Crippen LogP contribution in [-0.2, 0) is 19.4 Å².